The number of amides is 1. The highest BCUT2D eigenvalue weighted by Gasteiger charge is 2.53. The van der Waals surface area contributed by atoms with Gasteiger partial charge in [0.15, 0.2) is 11.5 Å². The lowest BCUT2D eigenvalue weighted by molar-refractivity contribution is -0.102. The number of carbonyl (C=O) groups excluding carboxylic acids is 1. The SMILES string of the molecule is CC1(O)CC(OC(=O)N(CC23CCC(c4noc(C(C)(C)F)n4)(CC2)CC3)c2cc(-c3ccc(OC(F)F)cc3)c(F)cn2)C1. The van der Waals surface area contributed by atoms with Crippen LogP contribution in [0.3, 0.4) is 0 Å². The molecule has 242 valence electrons. The molecular formula is C32H36F4N4O5. The molecule has 0 saturated heterocycles. The maximum absolute atomic E-state index is 15.1. The first-order chi connectivity index (χ1) is 21.2. The lowest BCUT2D eigenvalue weighted by atomic mass is 9.53. The van der Waals surface area contributed by atoms with Crippen molar-refractivity contribution in [1.82, 2.24) is 15.1 Å². The third-order valence-electron chi connectivity index (χ3n) is 9.63. The molecule has 0 unspecified atom stereocenters. The van der Waals surface area contributed by atoms with E-state index in [2.05, 4.69) is 19.9 Å². The Morgan fingerprint density at radius 3 is 2.33 bits per heavy atom. The van der Waals surface area contributed by atoms with Gasteiger partial charge in [0.2, 0.25) is 0 Å². The molecule has 4 fully saturated rings. The third-order valence-corrected chi connectivity index (χ3v) is 9.63. The first-order valence-electron chi connectivity index (χ1n) is 15.1. The van der Waals surface area contributed by atoms with Crippen molar-refractivity contribution in [2.45, 2.75) is 102 Å². The second-order valence-corrected chi connectivity index (χ2v) is 13.6. The molecule has 4 aliphatic rings. The van der Waals surface area contributed by atoms with Gasteiger partial charge >= 0.3 is 12.7 Å². The van der Waals surface area contributed by atoms with E-state index in [-0.39, 0.29) is 40.4 Å². The quantitative estimate of drug-likeness (QED) is 0.246. The van der Waals surface area contributed by atoms with E-state index in [1.807, 2.05) is 0 Å². The second-order valence-electron chi connectivity index (χ2n) is 13.6. The molecule has 2 bridgehead atoms. The summed E-state index contributed by atoms with van der Waals surface area (Å²) in [4.78, 5) is 23.8. The van der Waals surface area contributed by atoms with Gasteiger partial charge in [0.1, 0.15) is 23.5 Å². The molecular weight excluding hydrogens is 596 g/mol. The summed E-state index contributed by atoms with van der Waals surface area (Å²) in [5.41, 5.74) is -2.76. The summed E-state index contributed by atoms with van der Waals surface area (Å²) in [6.07, 6.45) is 4.89. The summed E-state index contributed by atoms with van der Waals surface area (Å²) in [5, 5.41) is 14.3. The van der Waals surface area contributed by atoms with Crippen LogP contribution < -0.4 is 9.64 Å². The number of aromatic nitrogens is 3. The van der Waals surface area contributed by atoms with Crippen LogP contribution in [0.25, 0.3) is 11.1 Å². The topological polar surface area (TPSA) is 111 Å². The molecule has 4 saturated carbocycles. The number of alkyl halides is 3. The fourth-order valence-electron chi connectivity index (χ4n) is 6.91. The molecule has 45 heavy (non-hydrogen) atoms. The zero-order valence-electron chi connectivity index (χ0n) is 25.4. The summed E-state index contributed by atoms with van der Waals surface area (Å²) >= 11 is 0. The van der Waals surface area contributed by atoms with Crippen LogP contribution in [0.1, 0.15) is 83.9 Å². The maximum atomic E-state index is 15.1. The number of anilines is 1. The lowest BCUT2D eigenvalue weighted by Crippen LogP contribution is -2.53. The monoisotopic (exact) mass is 632 g/mol. The van der Waals surface area contributed by atoms with Gasteiger partial charge in [0, 0.05) is 30.4 Å². The minimum absolute atomic E-state index is 0.0486. The minimum Gasteiger partial charge on any atom is -0.446 e. The summed E-state index contributed by atoms with van der Waals surface area (Å²) in [6.45, 7) is 1.70. The van der Waals surface area contributed by atoms with Crippen LogP contribution in [0.5, 0.6) is 5.75 Å². The number of halogens is 4. The van der Waals surface area contributed by atoms with E-state index in [0.717, 1.165) is 44.7 Å². The van der Waals surface area contributed by atoms with E-state index in [4.69, 9.17) is 9.26 Å². The van der Waals surface area contributed by atoms with E-state index < -0.39 is 35.9 Å². The molecule has 2 aromatic heterocycles. The van der Waals surface area contributed by atoms with Crippen molar-refractivity contribution in [2.24, 2.45) is 5.41 Å². The number of benzene rings is 1. The third kappa shape index (κ3) is 6.36. The molecule has 0 spiro atoms. The number of aliphatic hydroxyl groups is 1. The molecule has 0 atom stereocenters. The Labute approximate surface area is 257 Å². The van der Waals surface area contributed by atoms with Gasteiger partial charge in [-0.3, -0.25) is 4.90 Å². The predicted octanol–water partition coefficient (Wildman–Crippen LogP) is 7.23. The van der Waals surface area contributed by atoms with Crippen LogP contribution in [-0.4, -0.2) is 51.2 Å². The number of fused-ring (bicyclic) bond motifs is 3. The van der Waals surface area contributed by atoms with Gasteiger partial charge < -0.3 is 19.1 Å². The minimum atomic E-state index is -2.99. The highest BCUT2D eigenvalue weighted by Crippen LogP contribution is 2.57. The smallest absolute Gasteiger partial charge is 0.415 e. The number of hydrogen-bond donors (Lipinski definition) is 1. The van der Waals surface area contributed by atoms with Crippen LogP contribution >= 0.6 is 0 Å². The van der Waals surface area contributed by atoms with Crippen LogP contribution in [0.15, 0.2) is 41.1 Å². The number of carbonyl (C=O) groups is 1. The van der Waals surface area contributed by atoms with Crippen LogP contribution in [0, 0.1) is 11.2 Å². The highest BCUT2D eigenvalue weighted by atomic mass is 19.3. The van der Waals surface area contributed by atoms with Gasteiger partial charge in [-0.2, -0.15) is 13.8 Å². The maximum Gasteiger partial charge on any atom is 0.415 e. The Kier molecular flexibility index (Phi) is 7.81. The normalized spacial score (nSPS) is 27.7. The fourth-order valence-corrected chi connectivity index (χ4v) is 6.91. The number of pyridine rings is 1. The van der Waals surface area contributed by atoms with E-state index in [9.17, 15) is 23.1 Å². The highest BCUT2D eigenvalue weighted by molar-refractivity contribution is 5.87. The largest absolute Gasteiger partial charge is 0.446 e. The van der Waals surface area contributed by atoms with Gasteiger partial charge in [0.05, 0.1) is 11.8 Å². The molecule has 1 N–H and O–H groups in total. The molecule has 0 radical (unpaired) electrons. The molecule has 1 amide bonds. The Balaban J connectivity index is 1.25. The van der Waals surface area contributed by atoms with Gasteiger partial charge in [-0.1, -0.05) is 17.3 Å². The van der Waals surface area contributed by atoms with Crippen LogP contribution in [0.2, 0.25) is 0 Å². The van der Waals surface area contributed by atoms with E-state index in [1.54, 1.807) is 6.92 Å². The van der Waals surface area contributed by atoms with Crippen molar-refractivity contribution in [3.05, 3.63) is 54.1 Å². The van der Waals surface area contributed by atoms with Crippen LogP contribution in [-0.2, 0) is 15.8 Å². The fraction of sp³-hybridized carbons (Fsp3) is 0.562. The lowest BCUT2D eigenvalue weighted by Gasteiger charge is -2.53. The molecule has 4 aliphatic carbocycles. The van der Waals surface area contributed by atoms with Crippen molar-refractivity contribution >= 4 is 11.9 Å². The molecule has 1 aromatic carbocycles. The van der Waals surface area contributed by atoms with Crippen molar-refractivity contribution in [2.75, 3.05) is 11.4 Å². The van der Waals surface area contributed by atoms with Gasteiger partial charge in [0.25, 0.3) is 5.89 Å². The molecule has 13 heteroatoms. The predicted molar refractivity (Wildman–Crippen MR) is 154 cm³/mol. The van der Waals surface area contributed by atoms with Crippen LogP contribution in [0.4, 0.5) is 28.2 Å². The average Bonchev–Trinajstić information content (AvgIpc) is 3.49. The standard InChI is InChI=1S/C32H36F4N4O5/c1-29(2,36)26-38-25(39-45-26)32-11-8-31(9-12-32,10-13-32)18-40(28(41)44-21-15-30(3,42)16-21)24-14-22(23(33)17-37-24)19-4-6-20(7-5-19)43-27(34)35/h4-7,14,17,21,27,42H,8-13,15-16,18H2,1-3H3. The number of rotatable bonds is 9. The first kappa shape index (κ1) is 31.3. The van der Waals surface area contributed by atoms with Crippen molar-refractivity contribution < 1.29 is 41.5 Å². The van der Waals surface area contributed by atoms with E-state index in [0.29, 0.717) is 24.2 Å². The Morgan fingerprint density at radius 1 is 1.13 bits per heavy atom. The molecule has 2 heterocycles. The number of nitrogens with zero attached hydrogens (tertiary/aromatic N) is 4. The molecule has 3 aromatic rings. The summed E-state index contributed by atoms with van der Waals surface area (Å²) in [7, 11) is 0. The summed E-state index contributed by atoms with van der Waals surface area (Å²) in [6, 6.07) is 6.97. The van der Waals surface area contributed by atoms with Gasteiger partial charge in [-0.05, 0) is 88.5 Å². The first-order valence-corrected chi connectivity index (χ1v) is 15.1. The van der Waals surface area contributed by atoms with Crippen molar-refractivity contribution in [1.29, 1.82) is 0 Å². The summed E-state index contributed by atoms with van der Waals surface area (Å²) < 4.78 is 70.2. The van der Waals surface area contributed by atoms with Crippen molar-refractivity contribution in [3.63, 3.8) is 0 Å². The molecule has 7 rings (SSSR count). The van der Waals surface area contributed by atoms with E-state index in [1.165, 1.54) is 49.1 Å². The van der Waals surface area contributed by atoms with E-state index >= 15 is 4.39 Å². The Hall–Kier alpha value is -3.74. The Bertz CT molecular complexity index is 1520. The average molecular weight is 633 g/mol. The summed E-state index contributed by atoms with van der Waals surface area (Å²) in [5.74, 6) is -0.0774. The van der Waals surface area contributed by atoms with Gasteiger partial charge in [-0.15, -0.1) is 0 Å². The van der Waals surface area contributed by atoms with Crippen molar-refractivity contribution in [3.8, 4) is 16.9 Å². The second kappa shape index (κ2) is 11.3. The van der Waals surface area contributed by atoms with Gasteiger partial charge in [-0.25, -0.2) is 18.6 Å². The number of hydrogen-bond acceptors (Lipinski definition) is 8. The Morgan fingerprint density at radius 2 is 1.78 bits per heavy atom. The zero-order chi connectivity index (χ0) is 32.2. The zero-order valence-corrected chi connectivity index (χ0v) is 25.4. The molecule has 0 aliphatic heterocycles. The molecule has 9 nitrogen and oxygen atoms in total. The number of ether oxygens (including phenoxy) is 2.